The molecule has 0 atom stereocenters. The van der Waals surface area contributed by atoms with E-state index in [4.69, 9.17) is 0 Å². The molecule has 0 saturated carbocycles. The average Bonchev–Trinajstić information content (AvgIpc) is 2.58. The lowest BCUT2D eigenvalue weighted by molar-refractivity contribution is 0.509. The Kier molecular flexibility index (Phi) is 4.72. The number of hydrogen-bond acceptors (Lipinski definition) is 0. The summed E-state index contributed by atoms with van der Waals surface area (Å²) in [5.41, 5.74) is 3.07. The van der Waals surface area contributed by atoms with Crippen molar-refractivity contribution in [2.45, 2.75) is 43.8 Å². The van der Waals surface area contributed by atoms with Crippen LogP contribution in [0.1, 0.15) is 31.2 Å². The molecule has 2 aromatic carbocycles. The highest BCUT2D eigenvalue weighted by Gasteiger charge is 2.22. The molecular weight excluding hydrogens is 294 g/mol. The van der Waals surface area contributed by atoms with E-state index in [0.29, 0.717) is 5.92 Å². The summed E-state index contributed by atoms with van der Waals surface area (Å²) >= 11 is 0. The zero-order chi connectivity index (χ0) is 15.5. The van der Waals surface area contributed by atoms with Crippen molar-refractivity contribution in [1.82, 2.24) is 0 Å². The molecule has 3 heteroatoms. The van der Waals surface area contributed by atoms with Gasteiger partial charge in [-0.15, -0.1) is 0 Å². The highest BCUT2D eigenvalue weighted by Crippen LogP contribution is 2.35. The molecule has 0 amide bonds. The van der Waals surface area contributed by atoms with Gasteiger partial charge in [0, 0.05) is 8.80 Å². The van der Waals surface area contributed by atoms with Crippen LogP contribution >= 0.6 is 0 Å². The van der Waals surface area contributed by atoms with Crippen LogP contribution in [0.4, 0.5) is 8.78 Å². The molecule has 1 heterocycles. The van der Waals surface area contributed by atoms with Gasteiger partial charge in [0.1, 0.15) is 0 Å². The van der Waals surface area contributed by atoms with E-state index in [2.05, 4.69) is 19.1 Å². The molecule has 0 aliphatic carbocycles. The van der Waals surface area contributed by atoms with Crippen LogP contribution in [0.2, 0.25) is 18.1 Å². The Labute approximate surface area is 132 Å². The van der Waals surface area contributed by atoms with Gasteiger partial charge in [-0.1, -0.05) is 55.4 Å². The molecule has 1 aliphatic heterocycles. The summed E-state index contributed by atoms with van der Waals surface area (Å²) in [6.07, 6.45) is 2.66. The smallest absolute Gasteiger partial charge is 0.159 e. The molecule has 0 radical (unpaired) electrons. The van der Waals surface area contributed by atoms with Crippen molar-refractivity contribution in [3.63, 3.8) is 0 Å². The molecule has 22 heavy (non-hydrogen) atoms. The van der Waals surface area contributed by atoms with E-state index in [1.54, 1.807) is 6.07 Å². The summed E-state index contributed by atoms with van der Waals surface area (Å²) < 4.78 is 26.3. The van der Waals surface area contributed by atoms with Gasteiger partial charge >= 0.3 is 0 Å². The van der Waals surface area contributed by atoms with Crippen molar-refractivity contribution in [3.8, 4) is 11.1 Å². The van der Waals surface area contributed by atoms with Crippen LogP contribution in [0.15, 0.2) is 42.5 Å². The van der Waals surface area contributed by atoms with Gasteiger partial charge in [-0.3, -0.25) is 0 Å². The van der Waals surface area contributed by atoms with Gasteiger partial charge in [-0.25, -0.2) is 8.78 Å². The predicted octanol–water partition coefficient (Wildman–Crippen LogP) is 5.76. The van der Waals surface area contributed by atoms with Gasteiger partial charge < -0.3 is 0 Å². The molecule has 0 unspecified atom stereocenters. The van der Waals surface area contributed by atoms with Crippen molar-refractivity contribution in [3.05, 3.63) is 59.7 Å². The quantitative estimate of drug-likeness (QED) is 0.632. The molecule has 1 aliphatic rings. The van der Waals surface area contributed by atoms with Crippen LogP contribution in [0.5, 0.6) is 0 Å². The van der Waals surface area contributed by atoms with Crippen molar-refractivity contribution < 1.29 is 8.78 Å². The van der Waals surface area contributed by atoms with E-state index in [-0.39, 0.29) is 0 Å². The third-order valence-electron chi connectivity index (χ3n) is 5.06. The number of benzene rings is 2. The highest BCUT2D eigenvalue weighted by atomic mass is 28.3. The largest absolute Gasteiger partial charge is 0.204 e. The van der Waals surface area contributed by atoms with Gasteiger partial charge in [-0.05, 0) is 47.6 Å². The van der Waals surface area contributed by atoms with E-state index in [9.17, 15) is 8.78 Å². The van der Waals surface area contributed by atoms with E-state index < -0.39 is 20.4 Å². The second kappa shape index (κ2) is 6.74. The van der Waals surface area contributed by atoms with Gasteiger partial charge in [0.2, 0.25) is 0 Å². The highest BCUT2D eigenvalue weighted by molar-refractivity contribution is 6.58. The van der Waals surface area contributed by atoms with E-state index in [1.165, 1.54) is 48.7 Å². The zero-order valence-electron chi connectivity index (χ0n) is 13.0. The molecule has 0 nitrogen and oxygen atoms in total. The van der Waals surface area contributed by atoms with E-state index >= 15 is 0 Å². The maximum Gasteiger partial charge on any atom is 0.159 e. The normalized spacial score (nSPS) is 21.8. The second-order valence-corrected chi connectivity index (χ2v) is 10.1. The van der Waals surface area contributed by atoms with Crippen LogP contribution in [0.3, 0.4) is 0 Å². The van der Waals surface area contributed by atoms with Crippen molar-refractivity contribution in [2.75, 3.05) is 0 Å². The molecule has 0 N–H and O–H groups in total. The lowest BCUT2D eigenvalue weighted by atomic mass is 9.92. The van der Waals surface area contributed by atoms with Crippen LogP contribution in [0, 0.1) is 11.6 Å². The van der Waals surface area contributed by atoms with Crippen molar-refractivity contribution in [1.29, 1.82) is 0 Å². The minimum absolute atomic E-state index is 0.414. The Bertz CT molecular complexity index is 628. The summed E-state index contributed by atoms with van der Waals surface area (Å²) in [5.74, 6) is -0.893. The maximum atomic E-state index is 13.3. The summed E-state index contributed by atoms with van der Waals surface area (Å²) in [4.78, 5) is 0. The third kappa shape index (κ3) is 3.30. The lowest BCUT2D eigenvalue weighted by Gasteiger charge is -2.27. The fourth-order valence-electron chi connectivity index (χ4n) is 3.53. The minimum atomic E-state index is -0.794. The molecule has 0 bridgehead atoms. The molecule has 116 valence electrons. The molecule has 2 aromatic rings. The molecule has 1 saturated heterocycles. The van der Waals surface area contributed by atoms with Crippen molar-refractivity contribution >= 4 is 8.80 Å². The average molecular weight is 316 g/mol. The number of hydrogen-bond donors (Lipinski definition) is 0. The first kappa shape index (κ1) is 15.4. The first-order valence-electron chi connectivity index (χ1n) is 8.22. The topological polar surface area (TPSA) is 0 Å². The fraction of sp³-hybridized carbons (Fsp3) is 0.368. The molecule has 3 rings (SSSR count). The first-order chi connectivity index (χ1) is 10.7. The van der Waals surface area contributed by atoms with Crippen molar-refractivity contribution in [2.24, 2.45) is 0 Å². The Hall–Kier alpha value is -1.48. The Morgan fingerprint density at radius 3 is 2.14 bits per heavy atom. The standard InChI is InChI=1S/C19H22F2Si/c1-2-22-11-9-16(10-12-22)14-3-5-15(6-4-14)17-7-8-18(20)19(21)13-17/h3-8,13,16,22H,2,9-12H2,1H3. The molecule has 0 aromatic heterocycles. The summed E-state index contributed by atoms with van der Waals surface area (Å²) in [6.45, 7) is 2.34. The number of halogens is 2. The molecule has 1 fully saturated rings. The van der Waals surface area contributed by atoms with Crippen LogP contribution in [-0.2, 0) is 0 Å². The SMILES string of the molecule is CC[SiH]1CCC(c2ccc(-c3ccc(F)c(F)c3)cc2)CC1. The van der Waals surface area contributed by atoms with Crippen LogP contribution in [0.25, 0.3) is 11.1 Å². The molecule has 0 spiro atoms. The number of rotatable bonds is 3. The Morgan fingerprint density at radius 1 is 0.909 bits per heavy atom. The summed E-state index contributed by atoms with van der Waals surface area (Å²) in [5, 5.41) is 0. The first-order valence-corrected chi connectivity index (χ1v) is 10.7. The Balaban J connectivity index is 1.74. The van der Waals surface area contributed by atoms with E-state index in [1.807, 2.05) is 12.1 Å². The monoisotopic (exact) mass is 316 g/mol. The molecular formula is C19H22F2Si. The predicted molar refractivity (Wildman–Crippen MR) is 91.0 cm³/mol. The minimum Gasteiger partial charge on any atom is -0.204 e. The second-order valence-electron chi connectivity index (χ2n) is 6.38. The summed E-state index contributed by atoms with van der Waals surface area (Å²) in [6, 6.07) is 16.8. The lowest BCUT2D eigenvalue weighted by Crippen LogP contribution is -2.19. The maximum absolute atomic E-state index is 13.3. The summed E-state index contributed by atoms with van der Waals surface area (Å²) in [7, 11) is -0.414. The van der Waals surface area contributed by atoms with Gasteiger partial charge in [0.25, 0.3) is 0 Å². The van der Waals surface area contributed by atoms with Crippen LogP contribution in [-0.4, -0.2) is 8.80 Å². The van der Waals surface area contributed by atoms with Gasteiger partial charge in [0.05, 0.1) is 0 Å². The van der Waals surface area contributed by atoms with Gasteiger partial charge in [-0.2, -0.15) is 0 Å². The Morgan fingerprint density at radius 2 is 1.55 bits per heavy atom. The van der Waals surface area contributed by atoms with Gasteiger partial charge in [0.15, 0.2) is 11.6 Å². The third-order valence-corrected chi connectivity index (χ3v) is 8.51. The van der Waals surface area contributed by atoms with E-state index in [0.717, 1.165) is 11.1 Å². The zero-order valence-corrected chi connectivity index (χ0v) is 14.1. The van der Waals surface area contributed by atoms with Crippen LogP contribution < -0.4 is 0 Å². The fourth-order valence-corrected chi connectivity index (χ4v) is 6.38.